The van der Waals surface area contributed by atoms with Crippen LogP contribution in [0.5, 0.6) is 0 Å². The normalized spacial score (nSPS) is 11.2. The number of sulfonamides is 1. The van der Waals surface area contributed by atoms with Crippen LogP contribution in [-0.4, -0.2) is 36.1 Å². The van der Waals surface area contributed by atoms with E-state index in [1.54, 1.807) is 0 Å². The van der Waals surface area contributed by atoms with Crippen molar-refractivity contribution in [1.29, 1.82) is 0 Å². The zero-order valence-corrected chi connectivity index (χ0v) is 10.3. The highest BCUT2D eigenvalue weighted by molar-refractivity contribution is 7.89. The molecule has 0 radical (unpaired) electrons. The summed E-state index contributed by atoms with van der Waals surface area (Å²) in [5.74, 6) is -1.23. The Hall–Kier alpha value is -1.94. The molecule has 0 aliphatic rings. The molecular formula is C8H12N4O5S. The Kier molecular flexibility index (Phi) is 4.03. The molecule has 1 heterocycles. The summed E-state index contributed by atoms with van der Waals surface area (Å²) in [4.78, 5) is 21.5. The van der Waals surface area contributed by atoms with Crippen LogP contribution < -0.4 is 10.5 Å². The second kappa shape index (κ2) is 5.14. The van der Waals surface area contributed by atoms with Gasteiger partial charge < -0.3 is 15.4 Å². The van der Waals surface area contributed by atoms with Gasteiger partial charge in [0.25, 0.3) is 5.91 Å². The van der Waals surface area contributed by atoms with Gasteiger partial charge in [0.1, 0.15) is 0 Å². The third kappa shape index (κ3) is 3.53. The fraction of sp³-hybridized carbons (Fsp3) is 0.375. The van der Waals surface area contributed by atoms with E-state index >= 15 is 0 Å². The van der Waals surface area contributed by atoms with Crippen molar-refractivity contribution in [2.75, 3.05) is 12.3 Å². The first-order chi connectivity index (χ1) is 8.22. The lowest BCUT2D eigenvalue weighted by Crippen LogP contribution is -2.32. The molecule has 0 aliphatic heterocycles. The van der Waals surface area contributed by atoms with Gasteiger partial charge in [0.2, 0.25) is 10.0 Å². The molecule has 9 nitrogen and oxygen atoms in total. The zero-order valence-electron chi connectivity index (χ0n) is 9.49. The smallest absolute Gasteiger partial charge is 0.323 e. The number of hydrogen-bond acceptors (Lipinski definition) is 5. The van der Waals surface area contributed by atoms with E-state index in [0.29, 0.717) is 0 Å². The van der Waals surface area contributed by atoms with Gasteiger partial charge >= 0.3 is 5.82 Å². The summed E-state index contributed by atoms with van der Waals surface area (Å²) in [6.07, 6.45) is 0. The van der Waals surface area contributed by atoms with E-state index in [2.05, 4.69) is 5.32 Å². The van der Waals surface area contributed by atoms with E-state index < -0.39 is 26.6 Å². The summed E-state index contributed by atoms with van der Waals surface area (Å²) in [6, 6.07) is 2.47. The number of rotatable bonds is 5. The highest BCUT2D eigenvalue weighted by Crippen LogP contribution is 2.14. The van der Waals surface area contributed by atoms with Crippen molar-refractivity contribution < 1.29 is 18.1 Å². The molecule has 0 fully saturated rings. The number of carbonyl (C=O) groups is 1. The summed E-state index contributed by atoms with van der Waals surface area (Å²) in [6.45, 7) is -0.156. The van der Waals surface area contributed by atoms with Crippen LogP contribution in [0.25, 0.3) is 0 Å². The quantitative estimate of drug-likeness (QED) is 0.522. The Morgan fingerprint density at radius 1 is 1.56 bits per heavy atom. The van der Waals surface area contributed by atoms with Crippen LogP contribution >= 0.6 is 0 Å². The van der Waals surface area contributed by atoms with Gasteiger partial charge in [-0.15, -0.1) is 0 Å². The van der Waals surface area contributed by atoms with E-state index in [9.17, 15) is 23.3 Å². The second-order valence-electron chi connectivity index (χ2n) is 3.52. The standard InChI is InChI=1S/C8H12N4O5S/c1-11-6(2-3-7(11)12(14)15)8(13)10-4-5-18(9,16)17/h2-3H,4-5H2,1H3,(H,10,13)(H2,9,16,17). The predicted molar refractivity (Wildman–Crippen MR) is 62.4 cm³/mol. The Balaban J connectivity index is 2.71. The number of nitrogens with two attached hydrogens (primary N) is 1. The Bertz CT molecular complexity index is 576. The van der Waals surface area contributed by atoms with E-state index in [0.717, 1.165) is 4.57 Å². The minimum Gasteiger partial charge on any atom is -0.358 e. The van der Waals surface area contributed by atoms with Crippen molar-refractivity contribution in [3.8, 4) is 0 Å². The maximum atomic E-state index is 11.6. The van der Waals surface area contributed by atoms with E-state index in [1.165, 1.54) is 19.2 Å². The minimum absolute atomic E-state index is 0.0659. The molecule has 10 heteroatoms. The molecule has 1 amide bonds. The lowest BCUT2D eigenvalue weighted by atomic mass is 10.4. The molecule has 0 aromatic carbocycles. The monoisotopic (exact) mass is 276 g/mol. The highest BCUT2D eigenvalue weighted by atomic mass is 32.2. The first kappa shape index (κ1) is 14.1. The largest absolute Gasteiger partial charge is 0.358 e. The van der Waals surface area contributed by atoms with Crippen LogP contribution in [0.1, 0.15) is 10.5 Å². The van der Waals surface area contributed by atoms with E-state index in [-0.39, 0.29) is 18.1 Å². The molecule has 3 N–H and O–H groups in total. The van der Waals surface area contributed by atoms with Gasteiger partial charge in [-0.3, -0.25) is 4.79 Å². The minimum atomic E-state index is -3.65. The topological polar surface area (TPSA) is 137 Å². The van der Waals surface area contributed by atoms with Crippen molar-refractivity contribution >= 4 is 21.7 Å². The van der Waals surface area contributed by atoms with Crippen LogP contribution in [-0.2, 0) is 17.1 Å². The number of aromatic nitrogens is 1. The molecule has 0 spiro atoms. The average Bonchev–Trinajstić information content (AvgIpc) is 2.57. The van der Waals surface area contributed by atoms with Crippen molar-refractivity contribution in [2.24, 2.45) is 12.2 Å². The third-order valence-corrected chi connectivity index (χ3v) is 2.96. The first-order valence-corrected chi connectivity index (χ1v) is 6.52. The van der Waals surface area contributed by atoms with E-state index in [4.69, 9.17) is 5.14 Å². The van der Waals surface area contributed by atoms with Crippen LogP contribution in [0.3, 0.4) is 0 Å². The molecule has 0 saturated carbocycles. The van der Waals surface area contributed by atoms with Gasteiger partial charge in [0.05, 0.1) is 12.8 Å². The van der Waals surface area contributed by atoms with Crippen molar-refractivity contribution in [3.63, 3.8) is 0 Å². The SMILES string of the molecule is Cn1c(C(=O)NCCS(N)(=O)=O)ccc1[N+](=O)[O-]. The number of carbonyl (C=O) groups excluding carboxylic acids is 1. The Morgan fingerprint density at radius 2 is 2.17 bits per heavy atom. The highest BCUT2D eigenvalue weighted by Gasteiger charge is 2.20. The molecular weight excluding hydrogens is 264 g/mol. The number of nitrogens with zero attached hydrogens (tertiary/aromatic N) is 2. The molecule has 1 rings (SSSR count). The number of amides is 1. The van der Waals surface area contributed by atoms with Crippen LogP contribution in [0.15, 0.2) is 12.1 Å². The predicted octanol–water partition coefficient (Wildman–Crippen LogP) is -1.05. The molecule has 0 unspecified atom stereocenters. The molecule has 0 bridgehead atoms. The summed E-state index contributed by atoms with van der Waals surface area (Å²) in [5.41, 5.74) is 0.0659. The van der Waals surface area contributed by atoms with Crippen LogP contribution in [0.4, 0.5) is 5.82 Å². The summed E-state index contributed by atoms with van der Waals surface area (Å²) in [5, 5.41) is 17.6. The van der Waals surface area contributed by atoms with Gasteiger partial charge in [-0.1, -0.05) is 0 Å². The summed E-state index contributed by atoms with van der Waals surface area (Å²) in [7, 11) is -2.28. The van der Waals surface area contributed by atoms with Gasteiger partial charge in [-0.05, 0) is 11.0 Å². The lowest BCUT2D eigenvalue weighted by molar-refractivity contribution is -0.391. The number of nitro groups is 1. The Morgan fingerprint density at radius 3 is 2.61 bits per heavy atom. The molecule has 18 heavy (non-hydrogen) atoms. The number of hydrogen-bond donors (Lipinski definition) is 2. The maximum absolute atomic E-state index is 11.6. The van der Waals surface area contributed by atoms with Crippen molar-refractivity contribution in [3.05, 3.63) is 27.9 Å². The average molecular weight is 276 g/mol. The number of primary sulfonamides is 1. The van der Waals surface area contributed by atoms with Gasteiger partial charge in [-0.25, -0.2) is 18.1 Å². The van der Waals surface area contributed by atoms with Crippen LogP contribution in [0.2, 0.25) is 0 Å². The summed E-state index contributed by atoms with van der Waals surface area (Å²) >= 11 is 0. The summed E-state index contributed by atoms with van der Waals surface area (Å²) < 4.78 is 22.4. The second-order valence-corrected chi connectivity index (χ2v) is 5.25. The molecule has 1 aromatic rings. The van der Waals surface area contributed by atoms with Crippen LogP contribution in [0, 0.1) is 10.1 Å². The van der Waals surface area contributed by atoms with Gasteiger partial charge in [0, 0.05) is 12.6 Å². The number of nitrogens with one attached hydrogen (secondary N) is 1. The molecule has 0 atom stereocenters. The molecule has 0 aliphatic carbocycles. The maximum Gasteiger partial charge on any atom is 0.323 e. The van der Waals surface area contributed by atoms with Crippen molar-refractivity contribution in [1.82, 2.24) is 9.88 Å². The molecule has 100 valence electrons. The van der Waals surface area contributed by atoms with Crippen molar-refractivity contribution in [2.45, 2.75) is 0 Å². The van der Waals surface area contributed by atoms with Gasteiger partial charge in [0.15, 0.2) is 5.69 Å². The van der Waals surface area contributed by atoms with Gasteiger partial charge in [-0.2, -0.15) is 0 Å². The fourth-order valence-electron chi connectivity index (χ4n) is 1.31. The molecule has 0 saturated heterocycles. The zero-order chi connectivity index (χ0) is 13.9. The fourth-order valence-corrected chi connectivity index (χ4v) is 1.70. The van der Waals surface area contributed by atoms with E-state index in [1.807, 2.05) is 0 Å². The Labute approximate surface area is 103 Å². The third-order valence-electron chi connectivity index (χ3n) is 2.19. The first-order valence-electron chi connectivity index (χ1n) is 4.81. The molecule has 1 aromatic heterocycles. The lowest BCUT2D eigenvalue weighted by Gasteiger charge is -2.03.